The average molecular weight is 417 g/mol. The number of carbonyl (C=O) groups is 1. The van der Waals surface area contributed by atoms with Gasteiger partial charge in [0.2, 0.25) is 4.80 Å². The lowest BCUT2D eigenvalue weighted by Crippen LogP contribution is -2.13. The highest BCUT2D eigenvalue weighted by molar-refractivity contribution is 7.92. The second kappa shape index (κ2) is 6.91. The molecule has 25 heavy (non-hydrogen) atoms. The number of sulfonamides is 1. The fourth-order valence-electron chi connectivity index (χ4n) is 2.15. The normalized spacial score (nSPS) is 12.7. The summed E-state index contributed by atoms with van der Waals surface area (Å²) >= 11 is 7.94. The molecule has 0 N–H and O–H groups in total. The predicted octanol–water partition coefficient (Wildman–Crippen LogP) is 3.42. The number of benzene rings is 1. The quantitative estimate of drug-likeness (QED) is 0.610. The average Bonchev–Trinajstić information content (AvgIpc) is 3.12. The summed E-state index contributed by atoms with van der Waals surface area (Å²) in [5.41, 5.74) is 1.19. The van der Waals surface area contributed by atoms with Gasteiger partial charge >= 0.3 is 5.97 Å². The third-order valence-corrected chi connectivity index (χ3v) is 7.50. The number of aryl methyl sites for hydroxylation is 1. The van der Waals surface area contributed by atoms with Crippen molar-refractivity contribution in [1.82, 2.24) is 4.57 Å². The largest absolute Gasteiger partial charge is 0.462 e. The van der Waals surface area contributed by atoms with Crippen LogP contribution in [0, 0.1) is 0 Å². The van der Waals surface area contributed by atoms with E-state index in [2.05, 4.69) is 4.40 Å². The van der Waals surface area contributed by atoms with Crippen LogP contribution in [0.5, 0.6) is 0 Å². The lowest BCUT2D eigenvalue weighted by Gasteiger charge is -2.01. The monoisotopic (exact) mass is 416 g/mol. The summed E-state index contributed by atoms with van der Waals surface area (Å²) in [7, 11) is -2.12. The predicted molar refractivity (Wildman–Crippen MR) is 98.8 cm³/mol. The number of fused-ring (bicyclic) bond motifs is 1. The fourth-order valence-corrected chi connectivity index (χ4v) is 5.89. The van der Waals surface area contributed by atoms with Gasteiger partial charge in [0.25, 0.3) is 10.0 Å². The highest BCUT2D eigenvalue weighted by Gasteiger charge is 2.17. The van der Waals surface area contributed by atoms with Crippen molar-refractivity contribution in [2.75, 3.05) is 6.61 Å². The summed E-state index contributed by atoms with van der Waals surface area (Å²) in [6.45, 7) is 2.03. The molecule has 0 saturated carbocycles. The topological polar surface area (TPSA) is 77.7 Å². The van der Waals surface area contributed by atoms with E-state index in [0.29, 0.717) is 14.7 Å². The molecule has 3 rings (SSSR count). The molecule has 0 atom stereocenters. The van der Waals surface area contributed by atoms with E-state index >= 15 is 0 Å². The SMILES string of the molecule is CCOC(=O)c1ccc2c(c1)sc(=NS(=O)(=O)c1ccc(Cl)s1)n2C. The van der Waals surface area contributed by atoms with E-state index in [-0.39, 0.29) is 10.8 Å². The number of ether oxygens (including phenoxy) is 1. The molecule has 0 aliphatic carbocycles. The van der Waals surface area contributed by atoms with Crippen LogP contribution in [0.3, 0.4) is 0 Å². The molecule has 0 aliphatic rings. The Morgan fingerprint density at radius 3 is 2.68 bits per heavy atom. The number of hydrogen-bond acceptors (Lipinski definition) is 6. The van der Waals surface area contributed by atoms with Gasteiger partial charge in [0.05, 0.1) is 26.7 Å². The minimum Gasteiger partial charge on any atom is -0.462 e. The zero-order chi connectivity index (χ0) is 18.2. The first-order valence-corrected chi connectivity index (χ1v) is 10.6. The van der Waals surface area contributed by atoms with Crippen molar-refractivity contribution in [3.05, 3.63) is 45.0 Å². The first kappa shape index (κ1) is 18.1. The molecular weight excluding hydrogens is 404 g/mol. The van der Waals surface area contributed by atoms with E-state index in [1.54, 1.807) is 36.7 Å². The molecule has 0 saturated heterocycles. The Labute approximate surface area is 157 Å². The fraction of sp³-hybridized carbons (Fsp3) is 0.200. The minimum atomic E-state index is -3.84. The first-order chi connectivity index (χ1) is 11.8. The summed E-state index contributed by atoms with van der Waals surface area (Å²) in [5.74, 6) is -0.417. The highest BCUT2D eigenvalue weighted by Crippen LogP contribution is 2.27. The van der Waals surface area contributed by atoms with E-state index in [9.17, 15) is 13.2 Å². The maximum atomic E-state index is 12.4. The molecule has 2 aromatic heterocycles. The summed E-state index contributed by atoms with van der Waals surface area (Å²) < 4.78 is 36.6. The molecule has 0 fully saturated rings. The molecule has 2 heterocycles. The second-order valence-corrected chi connectivity index (χ2v) is 9.53. The van der Waals surface area contributed by atoms with Crippen molar-refractivity contribution < 1.29 is 17.9 Å². The molecule has 10 heteroatoms. The molecule has 0 spiro atoms. The van der Waals surface area contributed by atoms with Gasteiger partial charge in [-0.15, -0.1) is 15.7 Å². The van der Waals surface area contributed by atoms with Crippen molar-refractivity contribution in [1.29, 1.82) is 0 Å². The van der Waals surface area contributed by atoms with Gasteiger partial charge in [0.15, 0.2) is 0 Å². The molecule has 6 nitrogen and oxygen atoms in total. The molecule has 0 amide bonds. The van der Waals surface area contributed by atoms with E-state index in [1.807, 2.05) is 0 Å². The second-order valence-electron chi connectivity index (χ2n) is 4.97. The summed E-state index contributed by atoms with van der Waals surface area (Å²) in [6, 6.07) is 8.00. The number of thiophene rings is 1. The molecule has 132 valence electrons. The standard InChI is InChI=1S/C15H13ClN2O4S3/c1-3-22-14(19)9-4-5-10-11(8-9)23-15(18(10)2)17-25(20,21)13-7-6-12(16)24-13/h4-8H,3H2,1-2H3. The van der Waals surface area contributed by atoms with Gasteiger partial charge in [-0.25, -0.2) is 4.79 Å². The number of thiazole rings is 1. The van der Waals surface area contributed by atoms with Crippen LogP contribution >= 0.6 is 34.3 Å². The third kappa shape index (κ3) is 3.64. The zero-order valence-corrected chi connectivity index (χ0v) is 16.4. The van der Waals surface area contributed by atoms with Crippen molar-refractivity contribution >= 4 is 60.5 Å². The van der Waals surface area contributed by atoms with Gasteiger partial charge in [0.1, 0.15) is 4.21 Å². The van der Waals surface area contributed by atoms with E-state index < -0.39 is 16.0 Å². The zero-order valence-electron chi connectivity index (χ0n) is 13.2. The van der Waals surface area contributed by atoms with Gasteiger partial charge in [-0.3, -0.25) is 0 Å². The van der Waals surface area contributed by atoms with E-state index in [1.165, 1.54) is 23.5 Å². The van der Waals surface area contributed by atoms with Gasteiger partial charge in [-0.2, -0.15) is 8.42 Å². The maximum absolute atomic E-state index is 12.4. The number of carbonyl (C=O) groups excluding carboxylic acids is 1. The number of halogens is 1. The number of aromatic nitrogens is 1. The smallest absolute Gasteiger partial charge is 0.338 e. The lowest BCUT2D eigenvalue weighted by molar-refractivity contribution is 0.0526. The van der Waals surface area contributed by atoms with Crippen molar-refractivity contribution in [2.45, 2.75) is 11.1 Å². The summed E-state index contributed by atoms with van der Waals surface area (Å²) in [5, 5.41) is 0. The maximum Gasteiger partial charge on any atom is 0.338 e. The number of nitrogens with zero attached hydrogens (tertiary/aromatic N) is 2. The van der Waals surface area contributed by atoms with Gasteiger partial charge in [-0.1, -0.05) is 22.9 Å². The number of esters is 1. The third-order valence-electron chi connectivity index (χ3n) is 3.32. The van der Waals surface area contributed by atoms with Crippen LogP contribution < -0.4 is 4.80 Å². The number of rotatable bonds is 4. The molecule has 1 aromatic carbocycles. The Bertz CT molecular complexity index is 1130. The molecule has 0 radical (unpaired) electrons. The van der Waals surface area contributed by atoms with Crippen molar-refractivity contribution in [3.63, 3.8) is 0 Å². The Morgan fingerprint density at radius 2 is 2.04 bits per heavy atom. The lowest BCUT2D eigenvalue weighted by atomic mass is 10.2. The summed E-state index contributed by atoms with van der Waals surface area (Å²) in [4.78, 5) is 12.1. The van der Waals surface area contributed by atoms with Crippen LogP contribution in [0.4, 0.5) is 0 Å². The summed E-state index contributed by atoms with van der Waals surface area (Å²) in [6.07, 6.45) is 0. The van der Waals surface area contributed by atoms with Crippen LogP contribution in [0.15, 0.2) is 38.9 Å². The van der Waals surface area contributed by atoms with Gasteiger partial charge < -0.3 is 9.30 Å². The number of hydrogen-bond donors (Lipinski definition) is 0. The van der Waals surface area contributed by atoms with Crippen LogP contribution in [-0.2, 0) is 21.8 Å². The molecule has 3 aromatic rings. The van der Waals surface area contributed by atoms with Crippen LogP contribution in [0.2, 0.25) is 4.34 Å². The first-order valence-electron chi connectivity index (χ1n) is 7.15. The molecule has 0 unspecified atom stereocenters. The van der Waals surface area contributed by atoms with Gasteiger partial charge in [0, 0.05) is 7.05 Å². The molecular formula is C15H13ClN2O4S3. The highest BCUT2D eigenvalue weighted by atomic mass is 35.5. The van der Waals surface area contributed by atoms with Crippen molar-refractivity contribution in [2.24, 2.45) is 11.4 Å². The van der Waals surface area contributed by atoms with Crippen LogP contribution in [-0.4, -0.2) is 25.6 Å². The van der Waals surface area contributed by atoms with Gasteiger partial charge in [-0.05, 0) is 37.3 Å². The van der Waals surface area contributed by atoms with Crippen LogP contribution in [0.25, 0.3) is 10.2 Å². The van der Waals surface area contributed by atoms with Crippen LogP contribution in [0.1, 0.15) is 17.3 Å². The Kier molecular flexibility index (Phi) is 5.01. The van der Waals surface area contributed by atoms with E-state index in [4.69, 9.17) is 16.3 Å². The Hall–Kier alpha value is -1.68. The van der Waals surface area contributed by atoms with E-state index in [0.717, 1.165) is 21.6 Å². The molecule has 0 bridgehead atoms. The minimum absolute atomic E-state index is 0.0853. The van der Waals surface area contributed by atoms with Crippen molar-refractivity contribution in [3.8, 4) is 0 Å². The Balaban J connectivity index is 2.11. The molecule has 0 aliphatic heterocycles. The Morgan fingerprint density at radius 1 is 1.28 bits per heavy atom.